The van der Waals surface area contributed by atoms with Crippen molar-refractivity contribution >= 4 is 0 Å². The average Bonchev–Trinajstić information content (AvgIpc) is 2.42. The van der Waals surface area contributed by atoms with Crippen LogP contribution in [0, 0.1) is 41.5 Å². The monoisotopic (exact) mass is 360 g/mol. The molecule has 2 rings (SSSR count). The molecule has 0 bridgehead atoms. The Hall–Kier alpha value is -1.08. The molecule has 2 aromatic carbocycles. The van der Waals surface area contributed by atoms with Crippen LogP contribution in [0.25, 0.3) is 0 Å². The third-order valence-electron chi connectivity index (χ3n) is 4.12. The molecule has 0 heterocycles. The van der Waals surface area contributed by atoms with Crippen molar-refractivity contribution in [3.63, 3.8) is 0 Å². The molecule has 0 radical (unpaired) electrons. The summed E-state index contributed by atoms with van der Waals surface area (Å²) in [5.41, 5.74) is 7.74. The van der Waals surface area contributed by atoms with Crippen LogP contribution in [-0.4, -0.2) is 0 Å². The Morgan fingerprint density at radius 2 is 0.857 bits per heavy atom. The molecule has 21 heavy (non-hydrogen) atoms. The molecule has 0 aliphatic heterocycles. The Morgan fingerprint density at radius 1 is 0.571 bits per heavy atom. The first-order valence-electron chi connectivity index (χ1n) is 7.13. The maximum absolute atomic E-state index is 5.88. The number of aryl methyl sites for hydroxylation is 4. The number of hydrogen-bond donors (Lipinski definition) is 0. The van der Waals surface area contributed by atoms with Crippen molar-refractivity contribution in [1.82, 2.24) is 0 Å². The van der Waals surface area contributed by atoms with Crippen molar-refractivity contribution in [2.75, 3.05) is 0 Å². The predicted molar refractivity (Wildman–Crippen MR) is 82.6 cm³/mol. The Morgan fingerprint density at radius 3 is 1.14 bits per heavy atom. The van der Waals surface area contributed by atoms with E-state index >= 15 is 0 Å². The molecule has 3 heteroatoms. The van der Waals surface area contributed by atoms with Gasteiger partial charge < -0.3 is 0 Å². The van der Waals surface area contributed by atoms with Crippen molar-refractivity contribution in [2.45, 2.75) is 41.5 Å². The van der Waals surface area contributed by atoms with Crippen molar-refractivity contribution in [1.29, 1.82) is 0 Å². The van der Waals surface area contributed by atoms with Crippen LogP contribution in [-0.2, 0) is 24.1 Å². The summed E-state index contributed by atoms with van der Waals surface area (Å²) in [7, 11) is 0. The molecule has 0 fully saturated rings. The molecule has 2 aromatic rings. The van der Waals surface area contributed by atoms with E-state index in [2.05, 4.69) is 65.8 Å². The molecule has 0 unspecified atom stereocenters. The van der Waals surface area contributed by atoms with Crippen LogP contribution in [0.3, 0.4) is 0 Å². The van der Waals surface area contributed by atoms with Crippen LogP contribution in [0.4, 0.5) is 0 Å². The molecule has 0 saturated carbocycles. The molecule has 0 aromatic heterocycles. The fourth-order valence-corrected chi connectivity index (χ4v) is 3.38. The van der Waals surface area contributed by atoms with E-state index < -0.39 is 24.1 Å². The van der Waals surface area contributed by atoms with E-state index in [-0.39, 0.29) is 0 Å². The third kappa shape index (κ3) is 3.98. The van der Waals surface area contributed by atoms with E-state index in [0.717, 1.165) is 11.5 Å². The number of benzene rings is 2. The topological polar surface area (TPSA) is 18.5 Å². The molecule has 0 amide bonds. The molecule has 110 valence electrons. The van der Waals surface area contributed by atoms with Gasteiger partial charge in [0.05, 0.1) is 0 Å². The van der Waals surface area contributed by atoms with Crippen LogP contribution in [0.15, 0.2) is 24.3 Å². The fraction of sp³-hybridized carbons (Fsp3) is 0.333. The second-order valence-electron chi connectivity index (χ2n) is 5.65. The van der Waals surface area contributed by atoms with Crippen LogP contribution < -0.4 is 5.63 Å². The summed E-state index contributed by atoms with van der Waals surface area (Å²) >= 11 is -1.36. The molecular weight excluding hydrogens is 339 g/mol. The van der Waals surface area contributed by atoms with E-state index in [9.17, 15) is 0 Å². The summed E-state index contributed by atoms with van der Waals surface area (Å²) in [6.07, 6.45) is 0. The first-order chi connectivity index (χ1) is 9.88. The summed E-state index contributed by atoms with van der Waals surface area (Å²) in [6.45, 7) is 12.8. The summed E-state index contributed by atoms with van der Waals surface area (Å²) in [5.74, 6) is 1.87. The second kappa shape index (κ2) is 6.79. The van der Waals surface area contributed by atoms with E-state index in [1.807, 2.05) is 0 Å². The predicted octanol–water partition coefficient (Wildman–Crippen LogP) is 4.91. The first-order valence-corrected chi connectivity index (χ1v) is 9.13. The summed E-state index contributed by atoms with van der Waals surface area (Å²) in [6, 6.07) is 8.38. The van der Waals surface area contributed by atoms with Gasteiger partial charge in [0.25, 0.3) is 0 Å². The zero-order chi connectivity index (χ0) is 15.6. The van der Waals surface area contributed by atoms with Gasteiger partial charge in [-0.15, -0.1) is 0 Å². The van der Waals surface area contributed by atoms with Gasteiger partial charge in [0, 0.05) is 0 Å². The number of rotatable bonds is 4. The van der Waals surface area contributed by atoms with Gasteiger partial charge in [0.15, 0.2) is 0 Å². The Bertz CT molecular complexity index is 559. The fourth-order valence-electron chi connectivity index (χ4n) is 2.23. The van der Waals surface area contributed by atoms with Gasteiger partial charge in [0.1, 0.15) is 0 Å². The van der Waals surface area contributed by atoms with Crippen molar-refractivity contribution in [2.24, 2.45) is 0 Å². The SMILES string of the molecule is Cc1cc([O][Zr][O]c2cc(C)c(C)c(C)c2)cc(C)c1C. The second-order valence-corrected chi connectivity index (χ2v) is 7.06. The summed E-state index contributed by atoms with van der Waals surface area (Å²) in [5, 5.41) is 0. The zero-order valence-electron chi connectivity index (χ0n) is 13.6. The molecule has 0 saturated heterocycles. The zero-order valence-corrected chi connectivity index (χ0v) is 16.1. The van der Waals surface area contributed by atoms with Crippen molar-refractivity contribution < 1.29 is 29.7 Å². The van der Waals surface area contributed by atoms with Gasteiger partial charge in [-0.05, 0) is 0 Å². The molecule has 2 nitrogen and oxygen atoms in total. The van der Waals surface area contributed by atoms with E-state index in [1.54, 1.807) is 0 Å². The first kappa shape index (κ1) is 16.3. The maximum atomic E-state index is 5.88. The van der Waals surface area contributed by atoms with Crippen molar-refractivity contribution in [3.8, 4) is 11.5 Å². The Kier molecular flexibility index (Phi) is 5.27. The Balaban J connectivity index is 2.02. The van der Waals surface area contributed by atoms with Gasteiger partial charge in [0.2, 0.25) is 0 Å². The average molecular weight is 362 g/mol. The van der Waals surface area contributed by atoms with Crippen LogP contribution in [0.5, 0.6) is 11.5 Å². The molecule has 0 spiro atoms. The molecular formula is C18H22O2Zr. The van der Waals surface area contributed by atoms with Crippen LogP contribution in [0.1, 0.15) is 33.4 Å². The normalized spacial score (nSPS) is 10.4. The van der Waals surface area contributed by atoms with Gasteiger partial charge in [-0.1, -0.05) is 0 Å². The van der Waals surface area contributed by atoms with E-state index in [4.69, 9.17) is 5.63 Å². The minimum absolute atomic E-state index is 0.933. The van der Waals surface area contributed by atoms with Crippen molar-refractivity contribution in [3.05, 3.63) is 57.6 Å². The Labute approximate surface area is 140 Å². The van der Waals surface area contributed by atoms with E-state index in [0.29, 0.717) is 0 Å². The molecule has 0 aliphatic carbocycles. The van der Waals surface area contributed by atoms with Gasteiger partial charge >= 0.3 is 140 Å². The minimum atomic E-state index is -1.36. The molecule has 0 aliphatic rings. The standard InChI is InChI=1S/2C9H12O.Zr/c2*1-6-4-9(10)5-7(2)8(6)3;/h2*4-5,10H,1-3H3;/q;;+2/p-2. The van der Waals surface area contributed by atoms with Crippen LogP contribution in [0.2, 0.25) is 0 Å². The van der Waals surface area contributed by atoms with Crippen LogP contribution >= 0.6 is 0 Å². The van der Waals surface area contributed by atoms with Gasteiger partial charge in [-0.25, -0.2) is 0 Å². The molecule has 0 N–H and O–H groups in total. The third-order valence-corrected chi connectivity index (χ3v) is 5.69. The van der Waals surface area contributed by atoms with Gasteiger partial charge in [-0.3, -0.25) is 0 Å². The van der Waals surface area contributed by atoms with E-state index in [1.165, 1.54) is 33.4 Å². The van der Waals surface area contributed by atoms with Gasteiger partial charge in [-0.2, -0.15) is 0 Å². The summed E-state index contributed by atoms with van der Waals surface area (Å²) < 4.78 is 11.8. The molecule has 0 atom stereocenters. The number of hydrogen-bond acceptors (Lipinski definition) is 2. The quantitative estimate of drug-likeness (QED) is 0.770. The summed E-state index contributed by atoms with van der Waals surface area (Å²) in [4.78, 5) is 0.